The van der Waals surface area contributed by atoms with Gasteiger partial charge in [-0.3, -0.25) is 19.3 Å². The highest BCUT2D eigenvalue weighted by Crippen LogP contribution is 2.33. The van der Waals surface area contributed by atoms with E-state index in [0.717, 1.165) is 24.5 Å². The summed E-state index contributed by atoms with van der Waals surface area (Å²) in [5.74, 6) is 0.250. The number of rotatable bonds is 7. The van der Waals surface area contributed by atoms with Gasteiger partial charge < -0.3 is 14.5 Å². The Hall–Kier alpha value is -3.35. The predicted octanol–water partition coefficient (Wildman–Crippen LogP) is 2.81. The van der Waals surface area contributed by atoms with Crippen molar-refractivity contribution in [3.8, 4) is 5.75 Å². The van der Waals surface area contributed by atoms with E-state index in [1.165, 1.54) is 4.90 Å². The normalized spacial score (nSPS) is 17.3. The Morgan fingerprint density at radius 2 is 1.71 bits per heavy atom. The topological polar surface area (TPSA) is 70.2 Å². The third kappa shape index (κ3) is 4.13. The van der Waals surface area contributed by atoms with Crippen LogP contribution < -0.4 is 9.64 Å². The molecule has 2 aliphatic heterocycles. The highest BCUT2D eigenvalue weighted by molar-refractivity contribution is 6.21. The number of fused-ring (bicyclic) bond motifs is 2. The fourth-order valence-corrected chi connectivity index (χ4v) is 4.20. The van der Waals surface area contributed by atoms with Gasteiger partial charge in [0.2, 0.25) is 5.91 Å². The number of imide groups is 1. The molecule has 1 atom stereocenters. The number of hydrogen-bond acceptors (Lipinski definition) is 5. The number of anilines is 1. The van der Waals surface area contributed by atoms with Crippen LogP contribution in [0.5, 0.6) is 5.75 Å². The van der Waals surface area contributed by atoms with E-state index >= 15 is 0 Å². The van der Waals surface area contributed by atoms with E-state index in [1.54, 1.807) is 36.2 Å². The lowest BCUT2D eigenvalue weighted by atomic mass is 10.1. The zero-order valence-electron chi connectivity index (χ0n) is 17.9. The van der Waals surface area contributed by atoms with E-state index < -0.39 is 0 Å². The molecule has 0 saturated carbocycles. The van der Waals surface area contributed by atoms with Gasteiger partial charge in [-0.2, -0.15) is 0 Å². The Kier molecular flexibility index (Phi) is 5.93. The van der Waals surface area contributed by atoms with Gasteiger partial charge in [0, 0.05) is 26.6 Å². The monoisotopic (exact) mass is 421 g/mol. The lowest BCUT2D eigenvalue weighted by Gasteiger charge is -2.37. The molecule has 2 aromatic rings. The molecule has 0 fully saturated rings. The van der Waals surface area contributed by atoms with Crippen LogP contribution in [0.2, 0.25) is 0 Å². The molecule has 3 amide bonds. The van der Waals surface area contributed by atoms with Gasteiger partial charge in [0.25, 0.3) is 11.8 Å². The largest absolute Gasteiger partial charge is 0.485 e. The van der Waals surface area contributed by atoms with Crippen molar-refractivity contribution in [2.45, 2.75) is 25.9 Å². The molecular formula is C24H27N3O4. The first-order valence-corrected chi connectivity index (χ1v) is 10.7. The molecule has 7 nitrogen and oxygen atoms in total. The van der Waals surface area contributed by atoms with Gasteiger partial charge in [0.05, 0.1) is 29.9 Å². The van der Waals surface area contributed by atoms with E-state index in [-0.39, 0.29) is 36.8 Å². The summed E-state index contributed by atoms with van der Waals surface area (Å²) >= 11 is 0. The summed E-state index contributed by atoms with van der Waals surface area (Å²) in [5, 5.41) is 0. The van der Waals surface area contributed by atoms with Gasteiger partial charge in [-0.05, 0) is 37.6 Å². The second kappa shape index (κ2) is 8.79. The van der Waals surface area contributed by atoms with Crippen molar-refractivity contribution in [2.24, 2.45) is 0 Å². The molecule has 0 spiro atoms. The first-order chi connectivity index (χ1) is 15.0. The van der Waals surface area contributed by atoms with Crippen molar-refractivity contribution in [3.63, 3.8) is 0 Å². The van der Waals surface area contributed by atoms with Gasteiger partial charge in [-0.25, -0.2) is 0 Å². The molecule has 0 radical (unpaired) electrons. The number of benzene rings is 2. The molecule has 7 heteroatoms. The molecular weight excluding hydrogens is 394 g/mol. The van der Waals surface area contributed by atoms with Crippen molar-refractivity contribution < 1.29 is 19.1 Å². The molecule has 4 rings (SSSR count). The van der Waals surface area contributed by atoms with Crippen LogP contribution in [0.3, 0.4) is 0 Å². The van der Waals surface area contributed by atoms with Crippen LogP contribution in [-0.2, 0) is 4.79 Å². The summed E-state index contributed by atoms with van der Waals surface area (Å²) in [6, 6.07) is 14.8. The van der Waals surface area contributed by atoms with Crippen molar-refractivity contribution in [1.29, 1.82) is 0 Å². The Bertz CT molecular complexity index is 971. The molecule has 0 N–H and O–H groups in total. The highest BCUT2D eigenvalue weighted by Gasteiger charge is 2.34. The Labute approximate surface area is 182 Å². The van der Waals surface area contributed by atoms with Crippen LogP contribution in [0.15, 0.2) is 48.5 Å². The summed E-state index contributed by atoms with van der Waals surface area (Å²) in [7, 11) is 1.77. The Balaban J connectivity index is 1.28. The van der Waals surface area contributed by atoms with Crippen LogP contribution in [-0.4, -0.2) is 66.9 Å². The molecule has 31 heavy (non-hydrogen) atoms. The maximum absolute atomic E-state index is 12.6. The number of amides is 3. The van der Waals surface area contributed by atoms with Gasteiger partial charge in [0.1, 0.15) is 11.9 Å². The van der Waals surface area contributed by atoms with Crippen molar-refractivity contribution >= 4 is 23.4 Å². The second-order valence-electron chi connectivity index (χ2n) is 7.93. The van der Waals surface area contributed by atoms with E-state index in [0.29, 0.717) is 24.1 Å². The maximum atomic E-state index is 12.6. The summed E-state index contributed by atoms with van der Waals surface area (Å²) in [5.41, 5.74) is 1.95. The van der Waals surface area contributed by atoms with Crippen LogP contribution in [0.25, 0.3) is 0 Å². The minimum absolute atomic E-state index is 0.0258. The zero-order valence-corrected chi connectivity index (χ0v) is 17.9. The van der Waals surface area contributed by atoms with Gasteiger partial charge >= 0.3 is 0 Å². The average Bonchev–Trinajstić information content (AvgIpc) is 3.03. The average molecular weight is 421 g/mol. The summed E-state index contributed by atoms with van der Waals surface area (Å²) < 4.78 is 6.10. The van der Waals surface area contributed by atoms with Gasteiger partial charge in [-0.15, -0.1) is 0 Å². The fourth-order valence-electron chi connectivity index (χ4n) is 4.20. The number of carbonyl (C=O) groups is 3. The zero-order chi connectivity index (χ0) is 22.0. The van der Waals surface area contributed by atoms with Gasteiger partial charge in [-0.1, -0.05) is 24.3 Å². The number of nitrogens with zero attached hydrogens (tertiary/aromatic N) is 3. The first kappa shape index (κ1) is 20.9. The molecule has 0 aromatic heterocycles. The SMILES string of the molecule is CCN1C[C@H](CN(C)C(=O)CCCN2C(=O)c3ccccc3C2=O)Oc2ccccc21. The van der Waals surface area contributed by atoms with Gasteiger partial charge in [0.15, 0.2) is 0 Å². The van der Waals surface area contributed by atoms with E-state index in [1.807, 2.05) is 24.3 Å². The number of ether oxygens (including phenoxy) is 1. The molecule has 2 aliphatic rings. The molecule has 2 aromatic carbocycles. The van der Waals surface area contributed by atoms with E-state index in [2.05, 4.69) is 11.8 Å². The van der Waals surface area contributed by atoms with Crippen molar-refractivity contribution in [1.82, 2.24) is 9.80 Å². The van der Waals surface area contributed by atoms with E-state index in [4.69, 9.17) is 4.74 Å². The minimum atomic E-state index is -0.282. The molecule has 0 saturated heterocycles. The quantitative estimate of drug-likeness (QED) is 0.643. The number of para-hydroxylation sites is 2. The second-order valence-corrected chi connectivity index (χ2v) is 7.93. The van der Waals surface area contributed by atoms with Crippen LogP contribution >= 0.6 is 0 Å². The maximum Gasteiger partial charge on any atom is 0.261 e. The van der Waals surface area contributed by atoms with Crippen LogP contribution in [0.1, 0.15) is 40.5 Å². The molecule has 0 unspecified atom stereocenters. The highest BCUT2D eigenvalue weighted by atomic mass is 16.5. The van der Waals surface area contributed by atoms with Crippen LogP contribution in [0, 0.1) is 0 Å². The van der Waals surface area contributed by atoms with Crippen LogP contribution in [0.4, 0.5) is 5.69 Å². The lowest BCUT2D eigenvalue weighted by molar-refractivity contribution is -0.131. The first-order valence-electron chi connectivity index (χ1n) is 10.7. The summed E-state index contributed by atoms with van der Waals surface area (Å²) in [6.45, 7) is 4.42. The van der Waals surface area contributed by atoms with Crippen molar-refractivity contribution in [2.75, 3.05) is 38.1 Å². The Morgan fingerprint density at radius 3 is 2.39 bits per heavy atom. The molecule has 2 heterocycles. The number of carbonyl (C=O) groups excluding carboxylic acids is 3. The Morgan fingerprint density at radius 1 is 1.06 bits per heavy atom. The summed E-state index contributed by atoms with van der Waals surface area (Å²) in [6.07, 6.45) is 0.592. The minimum Gasteiger partial charge on any atom is -0.485 e. The smallest absolute Gasteiger partial charge is 0.261 e. The third-order valence-electron chi connectivity index (χ3n) is 5.86. The standard InChI is InChI=1S/C24H27N3O4/c1-3-26-16-17(31-21-12-7-6-11-20(21)26)15-25(2)22(28)13-8-14-27-23(29)18-9-4-5-10-19(18)24(27)30/h4-7,9-12,17H,3,8,13-16H2,1-2H3/t17-/m0/s1. The molecule has 162 valence electrons. The van der Waals surface area contributed by atoms with E-state index in [9.17, 15) is 14.4 Å². The fraction of sp³-hybridized carbons (Fsp3) is 0.375. The third-order valence-corrected chi connectivity index (χ3v) is 5.86. The molecule has 0 aliphatic carbocycles. The molecule has 0 bridgehead atoms. The number of likely N-dealkylation sites (N-methyl/N-ethyl adjacent to an activating group) is 2. The predicted molar refractivity (Wildman–Crippen MR) is 117 cm³/mol. The lowest BCUT2D eigenvalue weighted by Crippen LogP contribution is -2.46. The number of hydrogen-bond donors (Lipinski definition) is 0. The van der Waals surface area contributed by atoms with Crippen molar-refractivity contribution in [3.05, 3.63) is 59.7 Å². The summed E-state index contributed by atoms with van der Waals surface area (Å²) in [4.78, 5) is 42.7.